The lowest BCUT2D eigenvalue weighted by Gasteiger charge is -1.92. The minimum Gasteiger partial charge on any atom is -0.412 e. The van der Waals surface area contributed by atoms with Crippen molar-refractivity contribution in [1.82, 2.24) is 0 Å². The van der Waals surface area contributed by atoms with Crippen molar-refractivity contribution in [3.63, 3.8) is 0 Å². The van der Waals surface area contributed by atoms with E-state index in [0.29, 0.717) is 5.56 Å². The molecule has 1 amide bonds. The molecule has 21 heavy (non-hydrogen) atoms. The zero-order chi connectivity index (χ0) is 14.3. The molecule has 116 valence electrons. The molecular formula is C13H17NO6S. The molecule has 8 heteroatoms. The molecule has 0 aliphatic rings. The van der Waals surface area contributed by atoms with Gasteiger partial charge in [-0.05, 0) is 24.3 Å². The van der Waals surface area contributed by atoms with Gasteiger partial charge >= 0.3 is 0 Å². The van der Waals surface area contributed by atoms with Gasteiger partial charge < -0.3 is 16.7 Å². The van der Waals surface area contributed by atoms with Gasteiger partial charge in [-0.3, -0.25) is 9.35 Å². The Labute approximate surface area is 122 Å². The van der Waals surface area contributed by atoms with Crippen LogP contribution in [0, 0.1) is 0 Å². The van der Waals surface area contributed by atoms with Gasteiger partial charge in [0.2, 0.25) is 5.91 Å². The average molecular weight is 315 g/mol. The van der Waals surface area contributed by atoms with E-state index in [0.717, 1.165) is 0 Å². The molecule has 2 aromatic carbocycles. The number of hydrogen-bond acceptors (Lipinski definition) is 3. The van der Waals surface area contributed by atoms with Gasteiger partial charge in [-0.15, -0.1) is 0 Å². The monoisotopic (exact) mass is 315 g/mol. The van der Waals surface area contributed by atoms with E-state index in [-0.39, 0.29) is 21.8 Å². The number of hydrogen-bond donors (Lipinski definition) is 2. The molecule has 0 aliphatic heterocycles. The van der Waals surface area contributed by atoms with E-state index < -0.39 is 10.1 Å². The van der Waals surface area contributed by atoms with Crippen LogP contribution in [0.25, 0.3) is 0 Å². The fourth-order valence-corrected chi connectivity index (χ4v) is 1.70. The van der Waals surface area contributed by atoms with Crippen molar-refractivity contribution in [1.29, 1.82) is 0 Å². The van der Waals surface area contributed by atoms with E-state index in [1.165, 1.54) is 12.1 Å². The summed E-state index contributed by atoms with van der Waals surface area (Å²) in [6.45, 7) is 0. The number of primary amides is 1. The van der Waals surface area contributed by atoms with Gasteiger partial charge in [-0.25, -0.2) is 0 Å². The quantitative estimate of drug-likeness (QED) is 0.750. The summed E-state index contributed by atoms with van der Waals surface area (Å²) in [5.74, 6) is -0.379. The summed E-state index contributed by atoms with van der Waals surface area (Å²) in [4.78, 5) is 10.3. The van der Waals surface area contributed by atoms with Crippen LogP contribution in [0.15, 0.2) is 65.6 Å². The fourth-order valence-electron chi connectivity index (χ4n) is 1.19. The number of carbonyl (C=O) groups is 1. The van der Waals surface area contributed by atoms with Gasteiger partial charge in [0.05, 0.1) is 4.90 Å². The van der Waals surface area contributed by atoms with Crippen LogP contribution in [0.3, 0.4) is 0 Å². The maximum absolute atomic E-state index is 10.4. The number of carbonyl (C=O) groups excluding carboxylic acids is 1. The molecule has 0 aromatic heterocycles. The van der Waals surface area contributed by atoms with E-state index in [1.54, 1.807) is 42.5 Å². The van der Waals surface area contributed by atoms with Crippen molar-refractivity contribution in [3.05, 3.63) is 66.2 Å². The third-order valence-corrected chi connectivity index (χ3v) is 2.97. The molecule has 2 aromatic rings. The van der Waals surface area contributed by atoms with Crippen molar-refractivity contribution in [2.45, 2.75) is 4.90 Å². The van der Waals surface area contributed by atoms with Crippen molar-refractivity contribution in [3.8, 4) is 0 Å². The zero-order valence-corrected chi connectivity index (χ0v) is 11.7. The molecule has 0 fully saturated rings. The van der Waals surface area contributed by atoms with E-state index in [9.17, 15) is 13.2 Å². The van der Waals surface area contributed by atoms with Crippen LogP contribution in [0.2, 0.25) is 0 Å². The summed E-state index contributed by atoms with van der Waals surface area (Å²) in [7, 11) is -4.00. The Morgan fingerprint density at radius 1 is 0.857 bits per heavy atom. The second kappa shape index (κ2) is 9.61. The van der Waals surface area contributed by atoms with Crippen LogP contribution >= 0.6 is 0 Å². The molecule has 0 radical (unpaired) electrons. The lowest BCUT2D eigenvalue weighted by atomic mass is 10.2. The lowest BCUT2D eigenvalue weighted by molar-refractivity contribution is 0.1000. The highest BCUT2D eigenvalue weighted by Gasteiger charge is 2.05. The number of benzene rings is 2. The smallest absolute Gasteiger partial charge is 0.294 e. The molecule has 7 nitrogen and oxygen atoms in total. The van der Waals surface area contributed by atoms with Gasteiger partial charge in [-0.1, -0.05) is 36.4 Å². The Bertz CT molecular complexity index is 628. The molecule has 0 saturated heterocycles. The van der Waals surface area contributed by atoms with Crippen molar-refractivity contribution in [2.24, 2.45) is 5.73 Å². The van der Waals surface area contributed by atoms with E-state index >= 15 is 0 Å². The summed E-state index contributed by atoms with van der Waals surface area (Å²) in [6, 6.07) is 16.2. The Kier molecular flexibility index (Phi) is 9.63. The van der Waals surface area contributed by atoms with E-state index in [4.69, 9.17) is 10.3 Å². The van der Waals surface area contributed by atoms with Gasteiger partial charge in [0.15, 0.2) is 0 Å². The van der Waals surface area contributed by atoms with Crippen LogP contribution in [0.4, 0.5) is 0 Å². The Morgan fingerprint density at radius 3 is 1.48 bits per heavy atom. The first-order valence-corrected chi connectivity index (χ1v) is 6.72. The Hall–Kier alpha value is -2.26. The Morgan fingerprint density at radius 2 is 1.24 bits per heavy atom. The van der Waals surface area contributed by atoms with Crippen molar-refractivity contribution < 1.29 is 28.7 Å². The predicted molar refractivity (Wildman–Crippen MR) is 78.4 cm³/mol. The first-order chi connectivity index (χ1) is 8.91. The first kappa shape index (κ1) is 21.0. The summed E-state index contributed by atoms with van der Waals surface area (Å²) in [6.07, 6.45) is 0. The second-order valence-electron chi connectivity index (χ2n) is 3.52. The minimum absolute atomic E-state index is 0. The second-order valence-corrected chi connectivity index (χ2v) is 4.94. The van der Waals surface area contributed by atoms with Gasteiger partial charge in [-0.2, -0.15) is 8.42 Å². The largest absolute Gasteiger partial charge is 0.412 e. The van der Waals surface area contributed by atoms with Crippen molar-refractivity contribution in [2.75, 3.05) is 0 Å². The molecular weight excluding hydrogens is 298 g/mol. The number of nitrogens with two attached hydrogens (primary N) is 1. The normalized spacial score (nSPS) is 9.19. The molecule has 0 bridgehead atoms. The number of amides is 1. The average Bonchev–Trinajstić information content (AvgIpc) is 2.40. The highest BCUT2D eigenvalue weighted by Crippen LogP contribution is 2.05. The third kappa shape index (κ3) is 7.80. The SMILES string of the molecule is NC(=O)c1ccccc1.O.O.O=S(=O)(O)c1ccccc1. The summed E-state index contributed by atoms with van der Waals surface area (Å²) in [5.41, 5.74) is 5.53. The summed E-state index contributed by atoms with van der Waals surface area (Å²) < 4.78 is 29.2. The van der Waals surface area contributed by atoms with Crippen LogP contribution in [-0.4, -0.2) is 29.8 Å². The van der Waals surface area contributed by atoms with E-state index in [1.807, 2.05) is 6.07 Å². The standard InChI is InChI=1S/C7H7NO.C6H6O3S.2H2O/c8-7(9)6-4-2-1-3-5-6;7-10(8,9)6-4-2-1-3-5-6;;/h1-5H,(H2,8,9);1-5H,(H,7,8,9);2*1H2. The van der Waals surface area contributed by atoms with Crippen molar-refractivity contribution >= 4 is 16.0 Å². The first-order valence-electron chi connectivity index (χ1n) is 5.28. The molecule has 0 aliphatic carbocycles. The topological polar surface area (TPSA) is 160 Å². The highest BCUT2D eigenvalue weighted by molar-refractivity contribution is 7.85. The maximum atomic E-state index is 10.4. The van der Waals surface area contributed by atoms with Crippen LogP contribution < -0.4 is 5.73 Å². The molecule has 2 rings (SSSR count). The predicted octanol–water partition coefficient (Wildman–Crippen LogP) is 0.0694. The van der Waals surface area contributed by atoms with Gasteiger partial charge in [0, 0.05) is 5.56 Å². The molecule has 0 spiro atoms. The lowest BCUT2D eigenvalue weighted by Crippen LogP contribution is -2.09. The molecule has 0 saturated carbocycles. The fraction of sp³-hybridized carbons (Fsp3) is 0. The molecule has 0 atom stereocenters. The molecule has 0 unspecified atom stereocenters. The summed E-state index contributed by atoms with van der Waals surface area (Å²) >= 11 is 0. The van der Waals surface area contributed by atoms with E-state index in [2.05, 4.69) is 0 Å². The van der Waals surface area contributed by atoms with Crippen LogP contribution in [0.1, 0.15) is 10.4 Å². The minimum atomic E-state index is -4.00. The highest BCUT2D eigenvalue weighted by atomic mass is 32.2. The van der Waals surface area contributed by atoms with Gasteiger partial charge in [0.25, 0.3) is 10.1 Å². The molecule has 0 heterocycles. The van der Waals surface area contributed by atoms with Gasteiger partial charge in [0.1, 0.15) is 0 Å². The Balaban J connectivity index is 0. The van der Waals surface area contributed by atoms with Crippen LogP contribution in [-0.2, 0) is 10.1 Å². The third-order valence-electron chi connectivity index (χ3n) is 2.10. The number of rotatable bonds is 2. The van der Waals surface area contributed by atoms with Crippen LogP contribution in [0.5, 0.6) is 0 Å². The maximum Gasteiger partial charge on any atom is 0.294 e. The summed E-state index contributed by atoms with van der Waals surface area (Å²) in [5, 5.41) is 0. The molecule has 7 N–H and O–H groups in total. The zero-order valence-electron chi connectivity index (χ0n) is 10.9.